The van der Waals surface area contributed by atoms with E-state index in [1.165, 1.54) is 12.3 Å². The normalized spacial score (nSPS) is 10.9. The third kappa shape index (κ3) is 3.04. The number of carbonyl (C=O) groups excluding carboxylic acids is 1. The number of hydrogen-bond donors (Lipinski definition) is 1. The molecule has 0 saturated carbocycles. The summed E-state index contributed by atoms with van der Waals surface area (Å²) in [5, 5.41) is 14.2. The molecule has 25 heavy (non-hydrogen) atoms. The van der Waals surface area contributed by atoms with Crippen LogP contribution in [0.4, 0.5) is 0 Å². The van der Waals surface area contributed by atoms with Crippen molar-refractivity contribution in [1.29, 1.82) is 0 Å². The van der Waals surface area contributed by atoms with E-state index in [1.54, 1.807) is 36.3 Å². The van der Waals surface area contributed by atoms with Gasteiger partial charge in [-0.3, -0.25) is 9.48 Å². The molecule has 0 atom stereocenters. The van der Waals surface area contributed by atoms with Gasteiger partial charge in [0.15, 0.2) is 11.5 Å². The number of nitrogens with one attached hydrogen (secondary N) is 1. The quantitative estimate of drug-likeness (QED) is 0.581. The highest BCUT2D eigenvalue weighted by atomic mass is 16.5. The van der Waals surface area contributed by atoms with E-state index >= 15 is 0 Å². The molecule has 0 fully saturated rings. The van der Waals surface area contributed by atoms with Crippen LogP contribution in [-0.2, 0) is 13.6 Å². The van der Waals surface area contributed by atoms with Crippen molar-refractivity contribution in [3.05, 3.63) is 48.4 Å². The van der Waals surface area contributed by atoms with Crippen LogP contribution in [0.2, 0.25) is 0 Å². The molecule has 0 bridgehead atoms. The van der Waals surface area contributed by atoms with Gasteiger partial charge in [0.1, 0.15) is 0 Å². The molecule has 10 nitrogen and oxygen atoms in total. The standard InChI is InChI=1S/C15H12N6O4/c1-21-8-9(6-17-21)14-18-13(25-20-14)7-16-15(22)10-5-12(24-19-10)11-3-2-4-23-11/h2-6,8H,7H2,1H3,(H,16,22). The van der Waals surface area contributed by atoms with E-state index in [9.17, 15) is 4.79 Å². The molecule has 0 aliphatic heterocycles. The molecule has 1 amide bonds. The van der Waals surface area contributed by atoms with Gasteiger partial charge < -0.3 is 18.8 Å². The average Bonchev–Trinajstić information content (AvgIpc) is 3.38. The van der Waals surface area contributed by atoms with E-state index in [-0.39, 0.29) is 18.1 Å². The van der Waals surface area contributed by atoms with Crippen LogP contribution >= 0.6 is 0 Å². The predicted molar refractivity (Wildman–Crippen MR) is 81.9 cm³/mol. The third-order valence-electron chi connectivity index (χ3n) is 3.34. The van der Waals surface area contributed by atoms with Gasteiger partial charge in [0, 0.05) is 19.3 Å². The van der Waals surface area contributed by atoms with E-state index in [0.29, 0.717) is 17.3 Å². The maximum absolute atomic E-state index is 12.1. The second-order valence-electron chi connectivity index (χ2n) is 5.15. The lowest BCUT2D eigenvalue weighted by atomic mass is 10.3. The summed E-state index contributed by atoms with van der Waals surface area (Å²) in [7, 11) is 1.79. The van der Waals surface area contributed by atoms with Gasteiger partial charge >= 0.3 is 0 Å². The van der Waals surface area contributed by atoms with E-state index < -0.39 is 5.91 Å². The number of amides is 1. The number of furan rings is 1. The van der Waals surface area contributed by atoms with Crippen LogP contribution in [0.3, 0.4) is 0 Å². The first-order valence-corrected chi connectivity index (χ1v) is 7.29. The molecule has 4 aromatic rings. The van der Waals surface area contributed by atoms with Crippen LogP contribution in [0.1, 0.15) is 16.4 Å². The first-order chi connectivity index (χ1) is 12.2. The summed E-state index contributed by atoms with van der Waals surface area (Å²) in [6.07, 6.45) is 4.89. The Morgan fingerprint density at radius 2 is 2.20 bits per heavy atom. The Morgan fingerprint density at radius 3 is 2.96 bits per heavy atom. The number of carbonyl (C=O) groups is 1. The monoisotopic (exact) mass is 340 g/mol. The van der Waals surface area contributed by atoms with Crippen molar-refractivity contribution in [2.24, 2.45) is 7.05 Å². The average molecular weight is 340 g/mol. The Balaban J connectivity index is 1.40. The number of aromatic nitrogens is 5. The smallest absolute Gasteiger partial charge is 0.273 e. The van der Waals surface area contributed by atoms with Crippen LogP contribution in [-0.4, -0.2) is 31.0 Å². The number of nitrogens with zero attached hydrogens (tertiary/aromatic N) is 5. The summed E-state index contributed by atoms with van der Waals surface area (Å²) in [5.41, 5.74) is 0.849. The zero-order chi connectivity index (χ0) is 17.2. The maximum atomic E-state index is 12.1. The number of hydrogen-bond acceptors (Lipinski definition) is 8. The summed E-state index contributed by atoms with van der Waals surface area (Å²) in [5.74, 6) is 1.10. The predicted octanol–water partition coefficient (Wildman–Crippen LogP) is 1.65. The lowest BCUT2D eigenvalue weighted by Gasteiger charge is -1.96. The van der Waals surface area contributed by atoms with Crippen molar-refractivity contribution in [1.82, 2.24) is 30.4 Å². The Bertz CT molecular complexity index is 997. The van der Waals surface area contributed by atoms with Gasteiger partial charge in [0.05, 0.1) is 24.6 Å². The van der Waals surface area contributed by atoms with Gasteiger partial charge in [0.25, 0.3) is 5.91 Å². The third-order valence-corrected chi connectivity index (χ3v) is 3.34. The molecule has 0 unspecified atom stereocenters. The summed E-state index contributed by atoms with van der Waals surface area (Å²) >= 11 is 0. The van der Waals surface area contributed by atoms with Crippen molar-refractivity contribution in [3.63, 3.8) is 0 Å². The maximum Gasteiger partial charge on any atom is 0.273 e. The molecule has 0 aliphatic rings. The van der Waals surface area contributed by atoms with Crippen LogP contribution in [0.15, 0.2) is 50.3 Å². The molecule has 1 N–H and O–H groups in total. The highest BCUT2D eigenvalue weighted by Gasteiger charge is 2.16. The fraction of sp³-hybridized carbons (Fsp3) is 0.133. The first-order valence-electron chi connectivity index (χ1n) is 7.29. The molecular formula is C15H12N6O4. The molecule has 4 aromatic heterocycles. The summed E-state index contributed by atoms with van der Waals surface area (Å²) < 4.78 is 17.0. The Morgan fingerprint density at radius 1 is 1.28 bits per heavy atom. The number of rotatable bonds is 5. The largest absolute Gasteiger partial charge is 0.461 e. The fourth-order valence-electron chi connectivity index (χ4n) is 2.14. The van der Waals surface area contributed by atoms with Crippen LogP contribution in [0.25, 0.3) is 22.9 Å². The second-order valence-corrected chi connectivity index (χ2v) is 5.15. The highest BCUT2D eigenvalue weighted by molar-refractivity contribution is 5.92. The molecule has 0 spiro atoms. The van der Waals surface area contributed by atoms with E-state index in [1.807, 2.05) is 0 Å². The highest BCUT2D eigenvalue weighted by Crippen LogP contribution is 2.20. The van der Waals surface area contributed by atoms with Gasteiger partial charge in [-0.15, -0.1) is 0 Å². The molecule has 0 aliphatic carbocycles. The van der Waals surface area contributed by atoms with Crippen molar-refractivity contribution < 1.29 is 18.3 Å². The van der Waals surface area contributed by atoms with Crippen LogP contribution in [0, 0.1) is 0 Å². The molecule has 0 radical (unpaired) electrons. The van der Waals surface area contributed by atoms with Crippen molar-refractivity contribution in [3.8, 4) is 22.9 Å². The zero-order valence-corrected chi connectivity index (χ0v) is 13.0. The molecule has 4 heterocycles. The number of aryl methyl sites for hydroxylation is 1. The molecule has 0 saturated heterocycles. The summed E-state index contributed by atoms with van der Waals surface area (Å²) in [4.78, 5) is 16.3. The first kappa shape index (κ1) is 14.9. The van der Waals surface area contributed by atoms with Crippen LogP contribution in [0.5, 0.6) is 0 Å². The van der Waals surface area contributed by atoms with Gasteiger partial charge in [-0.2, -0.15) is 10.1 Å². The van der Waals surface area contributed by atoms with E-state index in [2.05, 4.69) is 25.7 Å². The molecular weight excluding hydrogens is 328 g/mol. The van der Waals surface area contributed by atoms with Crippen molar-refractivity contribution in [2.75, 3.05) is 0 Å². The zero-order valence-electron chi connectivity index (χ0n) is 13.0. The minimum absolute atomic E-state index is 0.0645. The minimum atomic E-state index is -0.428. The summed E-state index contributed by atoms with van der Waals surface area (Å²) in [6.45, 7) is 0.0645. The van der Waals surface area contributed by atoms with E-state index in [4.69, 9.17) is 13.5 Å². The fourth-order valence-corrected chi connectivity index (χ4v) is 2.14. The Hall–Kier alpha value is -3.69. The molecule has 4 rings (SSSR count). The lowest BCUT2D eigenvalue weighted by Crippen LogP contribution is -2.23. The van der Waals surface area contributed by atoms with Crippen molar-refractivity contribution >= 4 is 5.91 Å². The molecule has 0 aromatic carbocycles. The topological polar surface area (TPSA) is 125 Å². The Labute approximate surface area is 140 Å². The molecule has 126 valence electrons. The van der Waals surface area contributed by atoms with Gasteiger partial charge in [-0.25, -0.2) is 0 Å². The summed E-state index contributed by atoms with van der Waals surface area (Å²) in [6, 6.07) is 4.91. The van der Waals surface area contributed by atoms with Crippen LogP contribution < -0.4 is 5.32 Å². The lowest BCUT2D eigenvalue weighted by molar-refractivity contribution is 0.0937. The Kier molecular flexibility index (Phi) is 3.61. The van der Waals surface area contributed by atoms with Gasteiger partial charge in [-0.1, -0.05) is 10.3 Å². The molecule has 10 heteroatoms. The second kappa shape index (κ2) is 6.07. The van der Waals surface area contributed by atoms with Gasteiger partial charge in [-0.05, 0) is 12.1 Å². The van der Waals surface area contributed by atoms with E-state index in [0.717, 1.165) is 5.56 Å². The van der Waals surface area contributed by atoms with Gasteiger partial charge in [0.2, 0.25) is 17.5 Å². The van der Waals surface area contributed by atoms with Crippen molar-refractivity contribution in [2.45, 2.75) is 6.54 Å². The SMILES string of the molecule is Cn1cc(-c2noc(CNC(=O)c3cc(-c4ccco4)on3)n2)cn1. The minimum Gasteiger partial charge on any atom is -0.461 e.